The number of nitrogens with one attached hydrogen (secondary N) is 1. The van der Waals surface area contributed by atoms with E-state index in [2.05, 4.69) is 5.32 Å². The zero-order valence-electron chi connectivity index (χ0n) is 11.6. The highest BCUT2D eigenvalue weighted by Crippen LogP contribution is 2.15. The molecule has 0 saturated carbocycles. The van der Waals surface area contributed by atoms with Crippen LogP contribution in [0.2, 0.25) is 0 Å². The number of amides is 1. The van der Waals surface area contributed by atoms with Crippen LogP contribution < -0.4 is 11.1 Å². The molecule has 1 atom stereocenters. The van der Waals surface area contributed by atoms with E-state index >= 15 is 0 Å². The Labute approximate surface area is 120 Å². The molecule has 0 spiro atoms. The molecule has 0 radical (unpaired) electrons. The van der Waals surface area contributed by atoms with Crippen molar-refractivity contribution in [1.82, 2.24) is 5.32 Å². The van der Waals surface area contributed by atoms with Crippen LogP contribution in [0.5, 0.6) is 0 Å². The van der Waals surface area contributed by atoms with Crippen molar-refractivity contribution in [3.8, 4) is 0 Å². The molecule has 0 bridgehead atoms. The molecule has 0 fully saturated rings. The minimum absolute atomic E-state index is 0. The average molecular weight is 289 g/mol. The van der Waals surface area contributed by atoms with Crippen LogP contribution in [0.25, 0.3) is 0 Å². The van der Waals surface area contributed by atoms with E-state index in [1.165, 1.54) is 12.1 Å². The molecule has 0 aromatic heterocycles. The van der Waals surface area contributed by atoms with Crippen LogP contribution in [0.4, 0.5) is 4.39 Å². The second-order valence-electron chi connectivity index (χ2n) is 5.13. The van der Waals surface area contributed by atoms with E-state index in [0.29, 0.717) is 12.1 Å². The summed E-state index contributed by atoms with van der Waals surface area (Å²) in [6.45, 7) is 6.31. The number of rotatable bonds is 5. The first-order chi connectivity index (χ1) is 8.37. The lowest BCUT2D eigenvalue weighted by molar-refractivity contribution is -0.122. The van der Waals surface area contributed by atoms with Gasteiger partial charge in [-0.1, -0.05) is 26.0 Å². The molecule has 3 N–H and O–H groups in total. The van der Waals surface area contributed by atoms with Gasteiger partial charge in [-0.05, 0) is 30.5 Å². The summed E-state index contributed by atoms with van der Waals surface area (Å²) in [7, 11) is 0. The summed E-state index contributed by atoms with van der Waals surface area (Å²) in [6.07, 6.45) is 0.167. The lowest BCUT2D eigenvalue weighted by Crippen LogP contribution is -2.55. The molecule has 1 amide bonds. The minimum Gasteiger partial charge on any atom is -0.349 e. The highest BCUT2D eigenvalue weighted by molar-refractivity contribution is 5.85. The van der Waals surface area contributed by atoms with E-state index in [4.69, 9.17) is 5.73 Å². The maximum atomic E-state index is 13.0. The van der Waals surface area contributed by atoms with Gasteiger partial charge in [0.15, 0.2) is 0 Å². The maximum absolute atomic E-state index is 13.0. The van der Waals surface area contributed by atoms with E-state index in [9.17, 15) is 9.18 Å². The fourth-order valence-electron chi connectivity index (χ4n) is 1.63. The number of hydrogen-bond donors (Lipinski definition) is 2. The molecule has 1 rings (SSSR count). The van der Waals surface area contributed by atoms with Gasteiger partial charge in [0.05, 0.1) is 12.0 Å². The van der Waals surface area contributed by atoms with Gasteiger partial charge in [-0.3, -0.25) is 4.79 Å². The number of carbonyl (C=O) groups is 1. The molecule has 1 aromatic rings. The van der Waals surface area contributed by atoms with Crippen LogP contribution in [0.15, 0.2) is 24.3 Å². The third-order valence-corrected chi connectivity index (χ3v) is 3.38. The highest BCUT2D eigenvalue weighted by atomic mass is 35.5. The summed E-state index contributed by atoms with van der Waals surface area (Å²) >= 11 is 0. The Hall–Kier alpha value is -1.13. The van der Waals surface area contributed by atoms with Gasteiger partial charge < -0.3 is 11.1 Å². The molecule has 0 aliphatic rings. The summed E-state index contributed by atoms with van der Waals surface area (Å²) < 4.78 is 13.0. The van der Waals surface area contributed by atoms with Gasteiger partial charge >= 0.3 is 0 Å². The van der Waals surface area contributed by atoms with Crippen LogP contribution in [-0.4, -0.2) is 18.0 Å². The molecule has 1 unspecified atom stereocenters. The fraction of sp³-hybridized carbons (Fsp3) is 0.500. The quantitative estimate of drug-likeness (QED) is 0.873. The first-order valence-electron chi connectivity index (χ1n) is 6.13. The lowest BCUT2D eigenvalue weighted by atomic mass is 9.88. The van der Waals surface area contributed by atoms with Crippen molar-refractivity contribution in [3.05, 3.63) is 35.6 Å². The van der Waals surface area contributed by atoms with Crippen LogP contribution in [0.3, 0.4) is 0 Å². The van der Waals surface area contributed by atoms with Gasteiger partial charge in [-0.15, -0.1) is 12.4 Å². The Kier molecular flexibility index (Phi) is 7.01. The van der Waals surface area contributed by atoms with Gasteiger partial charge in [-0.2, -0.15) is 0 Å². The van der Waals surface area contributed by atoms with Crippen molar-refractivity contribution < 1.29 is 9.18 Å². The fourth-order valence-corrected chi connectivity index (χ4v) is 1.63. The molecule has 3 nitrogen and oxygen atoms in total. The Balaban J connectivity index is 0.00000324. The average Bonchev–Trinajstić information content (AvgIpc) is 2.28. The Morgan fingerprint density at radius 2 is 2.11 bits per heavy atom. The summed E-state index contributed by atoms with van der Waals surface area (Å²) in [6, 6.07) is 6.06. The zero-order chi connectivity index (χ0) is 13.8. The number of halogens is 2. The van der Waals surface area contributed by atoms with Gasteiger partial charge in [0.25, 0.3) is 0 Å². The van der Waals surface area contributed by atoms with Crippen molar-refractivity contribution >= 4 is 18.3 Å². The molecule has 1 aromatic carbocycles. The molecule has 108 valence electrons. The van der Waals surface area contributed by atoms with Crippen LogP contribution in [0.1, 0.15) is 26.3 Å². The smallest absolute Gasteiger partial charge is 0.224 e. The van der Waals surface area contributed by atoms with E-state index in [-0.39, 0.29) is 36.5 Å². The Bertz CT molecular complexity index is 426. The molecule has 5 heteroatoms. The second kappa shape index (κ2) is 7.46. The monoisotopic (exact) mass is 288 g/mol. The van der Waals surface area contributed by atoms with E-state index < -0.39 is 5.54 Å². The SMILES string of the molecule is CC(C)C(C)(CN)NC(=O)Cc1cccc(F)c1.Cl. The normalized spacial score (nSPS) is 13.6. The number of hydrogen-bond acceptors (Lipinski definition) is 2. The molecule has 0 aliphatic carbocycles. The number of carbonyl (C=O) groups excluding carboxylic acids is 1. The van der Waals surface area contributed by atoms with Crippen molar-refractivity contribution in [2.75, 3.05) is 6.54 Å². The van der Waals surface area contributed by atoms with Crippen molar-refractivity contribution in [2.24, 2.45) is 11.7 Å². The van der Waals surface area contributed by atoms with Crippen molar-refractivity contribution in [3.63, 3.8) is 0 Å². The minimum atomic E-state index is -0.426. The van der Waals surface area contributed by atoms with E-state index in [1.807, 2.05) is 20.8 Å². The topological polar surface area (TPSA) is 55.1 Å². The summed E-state index contributed by atoms with van der Waals surface area (Å²) in [5.41, 5.74) is 5.94. The number of nitrogens with two attached hydrogens (primary N) is 1. The molecule has 0 aliphatic heterocycles. The Morgan fingerprint density at radius 1 is 1.47 bits per heavy atom. The Morgan fingerprint density at radius 3 is 2.58 bits per heavy atom. The van der Waals surface area contributed by atoms with Crippen LogP contribution in [0, 0.1) is 11.7 Å². The molecule has 0 heterocycles. The predicted molar refractivity (Wildman–Crippen MR) is 77.8 cm³/mol. The first kappa shape index (κ1) is 17.9. The highest BCUT2D eigenvalue weighted by Gasteiger charge is 2.28. The molecule has 0 saturated heterocycles. The van der Waals surface area contributed by atoms with Crippen LogP contribution >= 0.6 is 12.4 Å². The van der Waals surface area contributed by atoms with Gasteiger partial charge in [0, 0.05) is 6.54 Å². The summed E-state index contributed by atoms with van der Waals surface area (Å²) in [4.78, 5) is 11.9. The standard InChI is InChI=1S/C14H21FN2O.ClH/c1-10(2)14(3,9-16)17-13(18)8-11-5-4-6-12(15)7-11;/h4-7,10H,8-9,16H2,1-3H3,(H,17,18);1H. The summed E-state index contributed by atoms with van der Waals surface area (Å²) in [5.74, 6) is -0.230. The lowest BCUT2D eigenvalue weighted by Gasteiger charge is -2.33. The summed E-state index contributed by atoms with van der Waals surface area (Å²) in [5, 5.41) is 2.92. The molecular weight excluding hydrogens is 267 g/mol. The molecular formula is C14H22ClFN2O. The third-order valence-electron chi connectivity index (χ3n) is 3.38. The van der Waals surface area contributed by atoms with Crippen molar-refractivity contribution in [2.45, 2.75) is 32.7 Å². The first-order valence-corrected chi connectivity index (χ1v) is 6.13. The van der Waals surface area contributed by atoms with Gasteiger partial charge in [-0.25, -0.2) is 4.39 Å². The predicted octanol–water partition coefficient (Wildman–Crippen LogP) is 2.28. The number of benzene rings is 1. The van der Waals surface area contributed by atoms with Crippen LogP contribution in [-0.2, 0) is 11.2 Å². The van der Waals surface area contributed by atoms with E-state index in [0.717, 1.165) is 0 Å². The third kappa shape index (κ3) is 5.17. The van der Waals surface area contributed by atoms with E-state index in [1.54, 1.807) is 12.1 Å². The van der Waals surface area contributed by atoms with Gasteiger partial charge in [0.2, 0.25) is 5.91 Å². The van der Waals surface area contributed by atoms with Crippen molar-refractivity contribution in [1.29, 1.82) is 0 Å². The maximum Gasteiger partial charge on any atom is 0.224 e. The zero-order valence-corrected chi connectivity index (χ0v) is 12.4. The van der Waals surface area contributed by atoms with Gasteiger partial charge in [0.1, 0.15) is 5.82 Å². The second-order valence-corrected chi connectivity index (χ2v) is 5.13. The largest absolute Gasteiger partial charge is 0.349 e. The molecule has 19 heavy (non-hydrogen) atoms.